The highest BCUT2D eigenvalue weighted by atomic mass is 79.9. The van der Waals surface area contributed by atoms with Gasteiger partial charge in [-0.3, -0.25) is 4.79 Å². The minimum absolute atomic E-state index is 0.402. The predicted octanol–water partition coefficient (Wildman–Crippen LogP) is 3.14. The van der Waals surface area contributed by atoms with E-state index in [2.05, 4.69) is 21.2 Å². The highest BCUT2D eigenvalue weighted by Gasteiger charge is 2.22. The Kier molecular flexibility index (Phi) is 4.02. The molecule has 0 aromatic heterocycles. The van der Waals surface area contributed by atoms with Gasteiger partial charge in [0.1, 0.15) is 0 Å². The first-order valence-electron chi connectivity index (χ1n) is 4.72. The van der Waals surface area contributed by atoms with Gasteiger partial charge in [-0.15, -0.1) is 0 Å². The fourth-order valence-electron chi connectivity index (χ4n) is 1.17. The lowest BCUT2D eigenvalue weighted by Gasteiger charge is -2.12. The lowest BCUT2D eigenvalue weighted by Crippen LogP contribution is -2.34. The molecule has 0 aliphatic rings. The van der Waals surface area contributed by atoms with Crippen molar-refractivity contribution in [1.82, 2.24) is 5.32 Å². The van der Waals surface area contributed by atoms with Crippen molar-refractivity contribution in [3.63, 3.8) is 0 Å². The van der Waals surface area contributed by atoms with E-state index >= 15 is 0 Å². The number of carbonyl (C=O) groups excluding carboxylic acids is 1. The monoisotopic (exact) mass is 291 g/mol. The van der Waals surface area contributed by atoms with Crippen LogP contribution in [0.3, 0.4) is 0 Å². The van der Waals surface area contributed by atoms with Crippen LogP contribution in [0.1, 0.15) is 22.8 Å². The minimum Gasteiger partial charge on any atom is -0.346 e. The number of alkyl halides is 2. The van der Waals surface area contributed by atoms with Crippen LogP contribution >= 0.6 is 15.9 Å². The van der Waals surface area contributed by atoms with Crippen LogP contribution in [-0.4, -0.2) is 18.4 Å². The highest BCUT2D eigenvalue weighted by molar-refractivity contribution is 9.10. The summed E-state index contributed by atoms with van der Waals surface area (Å²) in [6.07, 6.45) is 0. The number of hydrogen-bond donors (Lipinski definition) is 1. The maximum Gasteiger partial charge on any atom is 0.262 e. The Balaban J connectivity index is 2.77. The molecule has 1 N–H and O–H groups in total. The van der Waals surface area contributed by atoms with Crippen molar-refractivity contribution in [2.45, 2.75) is 19.8 Å². The molecule has 1 aromatic rings. The van der Waals surface area contributed by atoms with E-state index in [-0.39, 0.29) is 0 Å². The number of nitrogens with one attached hydrogen (secondary N) is 1. The average molecular weight is 292 g/mol. The van der Waals surface area contributed by atoms with Crippen LogP contribution in [-0.2, 0) is 0 Å². The summed E-state index contributed by atoms with van der Waals surface area (Å²) in [4.78, 5) is 11.6. The third kappa shape index (κ3) is 3.89. The Labute approximate surface area is 101 Å². The molecule has 0 saturated heterocycles. The fourth-order valence-corrected chi connectivity index (χ4v) is 1.53. The molecule has 1 aromatic carbocycles. The van der Waals surface area contributed by atoms with Gasteiger partial charge in [0.15, 0.2) is 0 Å². The van der Waals surface area contributed by atoms with Crippen LogP contribution in [0.4, 0.5) is 8.78 Å². The van der Waals surface area contributed by atoms with Crippen LogP contribution in [0.15, 0.2) is 22.7 Å². The fraction of sp³-hybridized carbons (Fsp3) is 0.364. The smallest absolute Gasteiger partial charge is 0.262 e. The number of rotatable bonds is 3. The third-order valence-electron chi connectivity index (χ3n) is 2.00. The van der Waals surface area contributed by atoms with Crippen molar-refractivity contribution in [2.24, 2.45) is 0 Å². The predicted molar refractivity (Wildman–Crippen MR) is 61.8 cm³/mol. The van der Waals surface area contributed by atoms with E-state index < -0.39 is 18.4 Å². The summed E-state index contributed by atoms with van der Waals surface area (Å²) in [6.45, 7) is 1.87. The second-order valence-corrected chi connectivity index (χ2v) is 4.63. The molecule has 5 heteroatoms. The van der Waals surface area contributed by atoms with Crippen LogP contribution in [0.5, 0.6) is 0 Å². The molecule has 0 aliphatic carbocycles. The maximum absolute atomic E-state index is 12.6. The number of hydrogen-bond acceptors (Lipinski definition) is 1. The Morgan fingerprint density at radius 3 is 2.69 bits per heavy atom. The van der Waals surface area contributed by atoms with Gasteiger partial charge in [0.2, 0.25) is 0 Å². The van der Waals surface area contributed by atoms with E-state index in [0.29, 0.717) is 5.56 Å². The van der Waals surface area contributed by atoms with Gasteiger partial charge >= 0.3 is 0 Å². The summed E-state index contributed by atoms with van der Waals surface area (Å²) in [5, 5.41) is 2.20. The molecule has 0 radical (unpaired) electrons. The molecule has 1 rings (SSSR count). The second kappa shape index (κ2) is 4.91. The zero-order valence-electron chi connectivity index (χ0n) is 8.98. The molecule has 0 atom stereocenters. The molecule has 0 fully saturated rings. The minimum atomic E-state index is -2.89. The van der Waals surface area contributed by atoms with E-state index in [0.717, 1.165) is 17.0 Å². The van der Waals surface area contributed by atoms with E-state index in [1.54, 1.807) is 25.1 Å². The van der Waals surface area contributed by atoms with Gasteiger partial charge in [0, 0.05) is 17.0 Å². The van der Waals surface area contributed by atoms with Crippen LogP contribution in [0, 0.1) is 6.92 Å². The van der Waals surface area contributed by atoms with Crippen LogP contribution < -0.4 is 5.32 Å². The largest absolute Gasteiger partial charge is 0.346 e. The zero-order chi connectivity index (χ0) is 12.3. The lowest BCUT2D eigenvalue weighted by atomic mass is 10.1. The van der Waals surface area contributed by atoms with Gasteiger partial charge in [-0.1, -0.05) is 22.0 Å². The Bertz CT molecular complexity index is 401. The third-order valence-corrected chi connectivity index (χ3v) is 2.50. The molecule has 0 aliphatic heterocycles. The van der Waals surface area contributed by atoms with Crippen molar-refractivity contribution >= 4 is 21.8 Å². The first-order chi connectivity index (χ1) is 7.29. The normalized spacial score (nSPS) is 11.3. The zero-order valence-corrected chi connectivity index (χ0v) is 10.6. The molecule has 0 bridgehead atoms. The standard InChI is InChI=1S/C11H12BrF2NO/c1-7-3-4-8(12)5-9(7)10(16)15-6-11(2,13)14/h3-5H,6H2,1-2H3,(H,15,16). The summed E-state index contributed by atoms with van der Waals surface area (Å²) in [7, 11) is 0. The summed E-state index contributed by atoms with van der Waals surface area (Å²) in [5.74, 6) is -3.38. The first-order valence-corrected chi connectivity index (χ1v) is 5.51. The molecular weight excluding hydrogens is 280 g/mol. The number of halogens is 3. The summed E-state index contributed by atoms with van der Waals surface area (Å²) in [5.41, 5.74) is 1.15. The van der Waals surface area contributed by atoms with E-state index in [9.17, 15) is 13.6 Å². The van der Waals surface area contributed by atoms with Crippen molar-refractivity contribution < 1.29 is 13.6 Å². The topological polar surface area (TPSA) is 29.1 Å². The number of benzene rings is 1. The molecule has 0 heterocycles. The number of amides is 1. The lowest BCUT2D eigenvalue weighted by molar-refractivity contribution is 0.0221. The quantitative estimate of drug-likeness (QED) is 0.911. The van der Waals surface area contributed by atoms with Crippen molar-refractivity contribution in [3.8, 4) is 0 Å². The van der Waals surface area contributed by atoms with Crippen molar-refractivity contribution in [2.75, 3.05) is 6.54 Å². The second-order valence-electron chi connectivity index (χ2n) is 3.71. The average Bonchev–Trinajstić information content (AvgIpc) is 2.17. The number of carbonyl (C=O) groups is 1. The molecular formula is C11H12BrF2NO. The van der Waals surface area contributed by atoms with Gasteiger partial charge < -0.3 is 5.32 Å². The first kappa shape index (κ1) is 13.1. The summed E-state index contributed by atoms with van der Waals surface area (Å²) in [6, 6.07) is 5.15. The Morgan fingerprint density at radius 1 is 1.50 bits per heavy atom. The Hall–Kier alpha value is -0.970. The Morgan fingerprint density at radius 2 is 2.12 bits per heavy atom. The molecule has 16 heavy (non-hydrogen) atoms. The number of aryl methyl sites for hydroxylation is 1. The van der Waals surface area contributed by atoms with Crippen molar-refractivity contribution in [1.29, 1.82) is 0 Å². The van der Waals surface area contributed by atoms with E-state index in [4.69, 9.17) is 0 Å². The van der Waals surface area contributed by atoms with Gasteiger partial charge in [-0.2, -0.15) is 0 Å². The van der Waals surface area contributed by atoms with Gasteiger partial charge in [0.05, 0.1) is 6.54 Å². The van der Waals surface area contributed by atoms with Gasteiger partial charge in [-0.05, 0) is 24.6 Å². The SMILES string of the molecule is Cc1ccc(Br)cc1C(=O)NCC(C)(F)F. The van der Waals surface area contributed by atoms with Gasteiger partial charge in [0.25, 0.3) is 11.8 Å². The molecule has 0 saturated carbocycles. The molecule has 88 valence electrons. The maximum atomic E-state index is 12.6. The molecule has 1 amide bonds. The molecule has 0 spiro atoms. The molecule has 0 unspecified atom stereocenters. The highest BCUT2D eigenvalue weighted by Crippen LogP contribution is 2.16. The van der Waals surface area contributed by atoms with Crippen molar-refractivity contribution in [3.05, 3.63) is 33.8 Å². The van der Waals surface area contributed by atoms with Crippen LogP contribution in [0.25, 0.3) is 0 Å². The summed E-state index contributed by atoms with van der Waals surface area (Å²) >= 11 is 3.23. The van der Waals surface area contributed by atoms with E-state index in [1.165, 1.54) is 0 Å². The van der Waals surface area contributed by atoms with Crippen LogP contribution in [0.2, 0.25) is 0 Å². The van der Waals surface area contributed by atoms with Gasteiger partial charge in [-0.25, -0.2) is 8.78 Å². The van der Waals surface area contributed by atoms with E-state index in [1.807, 2.05) is 0 Å². The molecule has 2 nitrogen and oxygen atoms in total. The summed E-state index contributed by atoms with van der Waals surface area (Å²) < 4.78 is 25.9.